The number of furan rings is 1. The van der Waals surface area contributed by atoms with Crippen LogP contribution in [0.2, 0.25) is 0 Å². The molecule has 0 radical (unpaired) electrons. The Bertz CT molecular complexity index is 1340. The number of sulfone groups is 1. The summed E-state index contributed by atoms with van der Waals surface area (Å²) in [6.45, 7) is 4.13. The molecule has 2 aromatic carbocycles. The van der Waals surface area contributed by atoms with Gasteiger partial charge in [-0.3, -0.25) is 9.69 Å². The maximum atomic E-state index is 13.7. The van der Waals surface area contributed by atoms with Crippen LogP contribution in [0.15, 0.2) is 70.2 Å². The van der Waals surface area contributed by atoms with E-state index in [9.17, 15) is 13.2 Å². The summed E-state index contributed by atoms with van der Waals surface area (Å²) < 4.78 is 37.1. The Balaban J connectivity index is 1.80. The topological polar surface area (TPSA) is 89.7 Å². The van der Waals surface area contributed by atoms with E-state index in [-0.39, 0.29) is 22.8 Å². The Morgan fingerprint density at radius 1 is 1.12 bits per heavy atom. The number of benzene rings is 2. The summed E-state index contributed by atoms with van der Waals surface area (Å²) in [5.41, 5.74) is 0.829. The van der Waals surface area contributed by atoms with Gasteiger partial charge in [0, 0.05) is 0 Å². The van der Waals surface area contributed by atoms with Gasteiger partial charge in [0.25, 0.3) is 5.91 Å². The summed E-state index contributed by atoms with van der Waals surface area (Å²) in [5.74, 6) is 0.719. The molecule has 1 amide bonds. The number of ether oxygens (including phenoxy) is 1. The fraction of sp³-hybridized carbons (Fsp3) is 0.217. The Kier molecular flexibility index (Phi) is 6.29. The van der Waals surface area contributed by atoms with Crippen molar-refractivity contribution in [1.29, 1.82) is 0 Å². The lowest BCUT2D eigenvalue weighted by Gasteiger charge is -2.20. The molecule has 166 valence electrons. The van der Waals surface area contributed by atoms with Crippen molar-refractivity contribution in [1.82, 2.24) is 4.98 Å². The minimum absolute atomic E-state index is 0.0108. The third-order valence-electron chi connectivity index (χ3n) is 4.86. The number of nitrogens with zero attached hydrogens (tertiary/aromatic N) is 2. The van der Waals surface area contributed by atoms with E-state index in [1.54, 1.807) is 31.2 Å². The minimum Gasteiger partial charge on any atom is -0.494 e. The molecule has 7 nitrogen and oxygen atoms in total. The van der Waals surface area contributed by atoms with Crippen LogP contribution in [0.4, 0.5) is 5.13 Å². The van der Waals surface area contributed by atoms with Crippen LogP contribution in [-0.4, -0.2) is 31.7 Å². The van der Waals surface area contributed by atoms with Crippen LogP contribution in [-0.2, 0) is 16.4 Å². The van der Waals surface area contributed by atoms with Crippen molar-refractivity contribution in [3.8, 4) is 5.75 Å². The molecule has 2 heterocycles. The largest absolute Gasteiger partial charge is 0.494 e. The molecule has 0 aliphatic rings. The number of rotatable bonds is 8. The van der Waals surface area contributed by atoms with Crippen molar-refractivity contribution in [3.63, 3.8) is 0 Å². The summed E-state index contributed by atoms with van der Waals surface area (Å²) in [6, 6.07) is 15.3. The second-order valence-electron chi connectivity index (χ2n) is 6.93. The highest BCUT2D eigenvalue weighted by molar-refractivity contribution is 7.91. The number of hydrogen-bond acceptors (Lipinski definition) is 7. The molecule has 0 aliphatic carbocycles. The second kappa shape index (κ2) is 9.13. The third kappa shape index (κ3) is 4.39. The number of hydrogen-bond donors (Lipinski definition) is 0. The van der Waals surface area contributed by atoms with Crippen LogP contribution in [0.3, 0.4) is 0 Å². The number of carbonyl (C=O) groups is 1. The first-order valence-electron chi connectivity index (χ1n) is 10.1. The Hall–Kier alpha value is -3.17. The zero-order chi connectivity index (χ0) is 22.7. The normalized spacial score (nSPS) is 11.6. The van der Waals surface area contributed by atoms with Crippen LogP contribution in [0.1, 0.15) is 30.0 Å². The molecule has 0 spiro atoms. The highest BCUT2D eigenvalue weighted by Gasteiger charge is 2.28. The lowest BCUT2D eigenvalue weighted by Crippen LogP contribution is -2.31. The highest BCUT2D eigenvalue weighted by Crippen LogP contribution is 2.34. The van der Waals surface area contributed by atoms with E-state index < -0.39 is 15.7 Å². The average molecular weight is 471 g/mol. The smallest absolute Gasteiger partial charge is 0.261 e. The molecule has 4 rings (SSSR count). The molecular formula is C23H22N2O5S2. The van der Waals surface area contributed by atoms with Gasteiger partial charge in [-0.05, 0) is 49.4 Å². The maximum Gasteiger partial charge on any atom is 0.261 e. The first-order valence-corrected chi connectivity index (χ1v) is 12.6. The number of fused-ring (bicyclic) bond motifs is 1. The van der Waals surface area contributed by atoms with Gasteiger partial charge in [0.2, 0.25) is 0 Å². The minimum atomic E-state index is -3.59. The van der Waals surface area contributed by atoms with Crippen LogP contribution in [0.5, 0.6) is 5.75 Å². The van der Waals surface area contributed by atoms with E-state index in [1.165, 1.54) is 34.6 Å². The molecule has 9 heteroatoms. The number of anilines is 1. The van der Waals surface area contributed by atoms with Crippen LogP contribution in [0, 0.1) is 0 Å². The van der Waals surface area contributed by atoms with Gasteiger partial charge in [0.15, 0.2) is 15.0 Å². The first-order chi connectivity index (χ1) is 15.4. The van der Waals surface area contributed by atoms with Gasteiger partial charge in [-0.25, -0.2) is 13.4 Å². The van der Waals surface area contributed by atoms with Gasteiger partial charge >= 0.3 is 0 Å². The van der Waals surface area contributed by atoms with E-state index in [2.05, 4.69) is 4.98 Å². The van der Waals surface area contributed by atoms with Gasteiger partial charge in [-0.1, -0.05) is 30.4 Å². The highest BCUT2D eigenvalue weighted by atomic mass is 32.2. The summed E-state index contributed by atoms with van der Waals surface area (Å²) in [5, 5.41) is 0.443. The molecule has 2 aromatic heterocycles. The van der Waals surface area contributed by atoms with E-state index in [1.807, 2.05) is 25.1 Å². The Morgan fingerprint density at radius 2 is 1.94 bits per heavy atom. The van der Waals surface area contributed by atoms with E-state index in [4.69, 9.17) is 9.15 Å². The molecule has 4 aromatic rings. The lowest BCUT2D eigenvalue weighted by molar-refractivity contribution is 0.0980. The fourth-order valence-corrected chi connectivity index (χ4v) is 5.34. The summed E-state index contributed by atoms with van der Waals surface area (Å²) in [6.07, 6.45) is 1.53. The number of amides is 1. The standard InChI is InChI=1S/C23H22N2O5S2/c1-3-29-16-11-12-19-20(14-16)31-23(24-19)25(15-17-8-7-13-30-17)22(26)18-9-5-6-10-21(18)32(27,28)4-2/h5-14H,3-4,15H2,1-2H3. The van der Waals surface area contributed by atoms with Crippen molar-refractivity contribution in [2.45, 2.75) is 25.3 Å². The fourth-order valence-electron chi connectivity index (χ4n) is 3.26. The van der Waals surface area contributed by atoms with Gasteiger partial charge in [0.05, 0.1) is 45.8 Å². The Labute approximate surface area is 190 Å². The SMILES string of the molecule is CCOc1ccc2nc(N(Cc3ccco3)C(=O)c3ccccc3S(=O)(=O)CC)sc2c1. The van der Waals surface area contributed by atoms with Gasteiger partial charge in [-0.15, -0.1) is 0 Å². The van der Waals surface area contributed by atoms with E-state index in [0.717, 1.165) is 16.0 Å². The molecule has 32 heavy (non-hydrogen) atoms. The van der Waals surface area contributed by atoms with Crippen molar-refractivity contribution >= 4 is 42.4 Å². The second-order valence-corrected chi connectivity index (χ2v) is 10.2. The molecule has 0 atom stereocenters. The van der Waals surface area contributed by atoms with Crippen molar-refractivity contribution < 1.29 is 22.4 Å². The predicted octanol–water partition coefficient (Wildman–Crippen LogP) is 4.93. The quantitative estimate of drug-likeness (QED) is 0.363. The van der Waals surface area contributed by atoms with Gasteiger partial charge in [-0.2, -0.15) is 0 Å². The summed E-state index contributed by atoms with van der Waals surface area (Å²) in [7, 11) is -3.59. The molecule has 0 N–H and O–H groups in total. The molecule has 0 bridgehead atoms. The van der Waals surface area contributed by atoms with Crippen LogP contribution >= 0.6 is 11.3 Å². The number of thiazole rings is 1. The molecular weight excluding hydrogens is 448 g/mol. The van der Waals surface area contributed by atoms with Crippen molar-refractivity contribution in [3.05, 3.63) is 72.2 Å². The van der Waals surface area contributed by atoms with Crippen LogP contribution in [0.25, 0.3) is 10.2 Å². The molecule has 0 aliphatic heterocycles. The van der Waals surface area contributed by atoms with Gasteiger partial charge < -0.3 is 9.15 Å². The predicted molar refractivity (Wildman–Crippen MR) is 124 cm³/mol. The Morgan fingerprint density at radius 3 is 2.66 bits per heavy atom. The monoisotopic (exact) mass is 470 g/mol. The van der Waals surface area contributed by atoms with Crippen LogP contribution < -0.4 is 9.64 Å². The molecule has 0 unspecified atom stereocenters. The molecule has 0 fully saturated rings. The summed E-state index contributed by atoms with van der Waals surface area (Å²) >= 11 is 1.33. The molecule has 0 saturated carbocycles. The third-order valence-corrected chi connectivity index (χ3v) is 7.69. The van der Waals surface area contributed by atoms with E-state index in [0.29, 0.717) is 17.5 Å². The number of aromatic nitrogens is 1. The molecule has 0 saturated heterocycles. The maximum absolute atomic E-state index is 13.7. The lowest BCUT2D eigenvalue weighted by atomic mass is 10.2. The summed E-state index contributed by atoms with van der Waals surface area (Å²) in [4.78, 5) is 19.8. The van der Waals surface area contributed by atoms with E-state index >= 15 is 0 Å². The zero-order valence-electron chi connectivity index (χ0n) is 17.6. The average Bonchev–Trinajstić information content (AvgIpc) is 3.46. The van der Waals surface area contributed by atoms with Crippen molar-refractivity contribution in [2.75, 3.05) is 17.3 Å². The van der Waals surface area contributed by atoms with Gasteiger partial charge in [0.1, 0.15) is 11.5 Å². The first kappa shape index (κ1) is 22.0. The zero-order valence-corrected chi connectivity index (χ0v) is 19.3. The number of carbonyl (C=O) groups excluding carboxylic acids is 1. The van der Waals surface area contributed by atoms with Crippen molar-refractivity contribution in [2.24, 2.45) is 0 Å².